The van der Waals surface area contributed by atoms with Crippen molar-refractivity contribution in [3.05, 3.63) is 35.9 Å². The number of ketones is 1. The summed E-state index contributed by atoms with van der Waals surface area (Å²) in [6.07, 6.45) is 2.36. The van der Waals surface area contributed by atoms with Gasteiger partial charge in [0.15, 0.2) is 0 Å². The van der Waals surface area contributed by atoms with Crippen molar-refractivity contribution < 1.29 is 14.3 Å². The van der Waals surface area contributed by atoms with E-state index >= 15 is 0 Å². The van der Waals surface area contributed by atoms with Gasteiger partial charge in [-0.2, -0.15) is 0 Å². The minimum atomic E-state index is -0.538. The lowest BCUT2D eigenvalue weighted by molar-refractivity contribution is -0.155. The van der Waals surface area contributed by atoms with Crippen molar-refractivity contribution >= 4 is 11.7 Å². The average Bonchev–Trinajstić information content (AvgIpc) is 3.11. The second-order valence-corrected chi connectivity index (χ2v) is 7.19. The molecule has 0 N–H and O–H groups in total. The molecule has 4 nitrogen and oxygen atoms in total. The molecule has 3 fully saturated rings. The van der Waals surface area contributed by atoms with E-state index in [0.717, 1.165) is 18.4 Å². The molecule has 4 atom stereocenters. The number of carbonyl (C=O) groups is 2. The van der Waals surface area contributed by atoms with Gasteiger partial charge in [0.25, 0.3) is 0 Å². The van der Waals surface area contributed by atoms with E-state index in [0.29, 0.717) is 19.4 Å². The number of amides is 1. The van der Waals surface area contributed by atoms with Gasteiger partial charge in [0.05, 0.1) is 24.0 Å². The summed E-state index contributed by atoms with van der Waals surface area (Å²) in [5.41, 5.74) is 0.285. The molecule has 0 aromatic heterocycles. The van der Waals surface area contributed by atoms with Crippen LogP contribution in [0.3, 0.4) is 0 Å². The second kappa shape index (κ2) is 4.91. The number of ether oxygens (including phenoxy) is 1. The zero-order valence-electron chi connectivity index (χ0n) is 13.7. The molecule has 2 heterocycles. The highest BCUT2D eigenvalue weighted by Crippen LogP contribution is 2.61. The smallest absolute Gasteiger partial charge is 0.225 e. The maximum absolute atomic E-state index is 13.3. The van der Waals surface area contributed by atoms with Crippen LogP contribution in [0.15, 0.2) is 30.3 Å². The largest absolute Gasteiger partial charge is 0.380 e. The van der Waals surface area contributed by atoms with Gasteiger partial charge in [-0.05, 0) is 18.4 Å². The fourth-order valence-electron chi connectivity index (χ4n) is 5.58. The molecule has 2 saturated heterocycles. The van der Waals surface area contributed by atoms with Gasteiger partial charge in [-0.1, -0.05) is 37.3 Å². The van der Waals surface area contributed by atoms with Crippen molar-refractivity contribution in [3.8, 4) is 0 Å². The number of hydrogen-bond acceptors (Lipinski definition) is 3. The van der Waals surface area contributed by atoms with Gasteiger partial charge >= 0.3 is 0 Å². The summed E-state index contributed by atoms with van der Waals surface area (Å²) in [5, 5.41) is 0. The van der Waals surface area contributed by atoms with Crippen LogP contribution in [0.25, 0.3) is 0 Å². The van der Waals surface area contributed by atoms with Crippen molar-refractivity contribution in [3.63, 3.8) is 0 Å². The summed E-state index contributed by atoms with van der Waals surface area (Å²) in [5.74, 6) is 0.424. The standard InChI is InChI=1S/C19H23NO3/c1-3-18-12-14(21)19(13-7-5-4-6-8-13)9-10-20(17(18)19)16(22)11-15(18)23-2/h4-8,15,17H,3,9-12H2,1-2H3/t15-,17-,18+,19-/m0/s1. The lowest BCUT2D eigenvalue weighted by atomic mass is 9.65. The van der Waals surface area contributed by atoms with E-state index in [9.17, 15) is 9.59 Å². The van der Waals surface area contributed by atoms with Gasteiger partial charge in [-0.25, -0.2) is 0 Å². The Kier molecular flexibility index (Phi) is 3.17. The van der Waals surface area contributed by atoms with E-state index in [1.807, 2.05) is 35.2 Å². The highest BCUT2D eigenvalue weighted by molar-refractivity contribution is 5.98. The van der Waals surface area contributed by atoms with Crippen molar-refractivity contribution in [2.45, 2.75) is 50.2 Å². The predicted octanol–water partition coefficient (Wildman–Crippen LogP) is 2.31. The first-order chi connectivity index (χ1) is 11.1. The molecule has 0 spiro atoms. The van der Waals surface area contributed by atoms with Crippen LogP contribution in [-0.2, 0) is 19.7 Å². The molecule has 3 aliphatic rings. The predicted molar refractivity (Wildman–Crippen MR) is 86.0 cm³/mol. The Bertz CT molecular complexity index is 658. The van der Waals surface area contributed by atoms with Gasteiger partial charge in [0, 0.05) is 25.5 Å². The van der Waals surface area contributed by atoms with E-state index in [-0.39, 0.29) is 29.3 Å². The molecule has 2 aliphatic heterocycles. The van der Waals surface area contributed by atoms with Gasteiger partial charge in [0.2, 0.25) is 5.91 Å². The normalized spacial score (nSPS) is 39.0. The van der Waals surface area contributed by atoms with Crippen molar-refractivity contribution in [1.82, 2.24) is 4.90 Å². The third-order valence-corrected chi connectivity index (χ3v) is 6.61. The first kappa shape index (κ1) is 14.9. The van der Waals surface area contributed by atoms with E-state index in [4.69, 9.17) is 4.74 Å². The number of piperidine rings is 1. The zero-order chi connectivity index (χ0) is 16.2. The number of benzene rings is 1. The fourth-order valence-corrected chi connectivity index (χ4v) is 5.58. The molecule has 122 valence electrons. The van der Waals surface area contributed by atoms with Crippen LogP contribution in [0.1, 0.15) is 38.2 Å². The van der Waals surface area contributed by atoms with Crippen LogP contribution in [0.2, 0.25) is 0 Å². The molecule has 1 saturated carbocycles. The molecule has 1 amide bonds. The quantitative estimate of drug-likeness (QED) is 0.860. The Morgan fingerprint density at radius 3 is 2.65 bits per heavy atom. The fraction of sp³-hybridized carbons (Fsp3) is 0.579. The van der Waals surface area contributed by atoms with Crippen molar-refractivity contribution in [2.24, 2.45) is 5.41 Å². The first-order valence-electron chi connectivity index (χ1n) is 8.51. The first-order valence-corrected chi connectivity index (χ1v) is 8.51. The van der Waals surface area contributed by atoms with Crippen molar-refractivity contribution in [1.29, 1.82) is 0 Å². The minimum Gasteiger partial charge on any atom is -0.380 e. The zero-order valence-corrected chi connectivity index (χ0v) is 13.7. The maximum atomic E-state index is 13.3. The average molecular weight is 313 g/mol. The number of nitrogens with zero attached hydrogens (tertiary/aromatic N) is 1. The molecule has 4 rings (SSSR count). The second-order valence-electron chi connectivity index (χ2n) is 7.19. The Balaban J connectivity index is 1.93. The van der Waals surface area contributed by atoms with Gasteiger partial charge in [-0.3, -0.25) is 9.59 Å². The molecule has 23 heavy (non-hydrogen) atoms. The number of rotatable bonds is 3. The topological polar surface area (TPSA) is 46.6 Å². The highest BCUT2D eigenvalue weighted by atomic mass is 16.5. The van der Waals surface area contributed by atoms with Crippen LogP contribution in [0.4, 0.5) is 0 Å². The maximum Gasteiger partial charge on any atom is 0.225 e. The molecule has 1 aromatic carbocycles. The van der Waals surface area contributed by atoms with E-state index < -0.39 is 5.41 Å². The summed E-state index contributed by atoms with van der Waals surface area (Å²) >= 11 is 0. The lowest BCUT2D eigenvalue weighted by Crippen LogP contribution is -2.60. The minimum absolute atomic E-state index is 0.0545. The number of Topliss-reactive ketones (excluding diaryl/α,β-unsaturated/α-hetero) is 1. The Labute approximate surface area is 136 Å². The molecule has 1 aliphatic carbocycles. The van der Waals surface area contributed by atoms with Gasteiger partial charge < -0.3 is 9.64 Å². The Morgan fingerprint density at radius 1 is 1.26 bits per heavy atom. The van der Waals surface area contributed by atoms with E-state index in [1.54, 1.807) is 7.11 Å². The molecular weight excluding hydrogens is 290 g/mol. The highest BCUT2D eigenvalue weighted by Gasteiger charge is 2.71. The van der Waals surface area contributed by atoms with Gasteiger partial charge in [0.1, 0.15) is 5.78 Å². The SMILES string of the molecule is CC[C@@]12CC(=O)[C@@]3(c4ccccc4)CCN(C(=O)C[C@@H]1OC)[C@@H]23. The van der Waals surface area contributed by atoms with Crippen LogP contribution >= 0.6 is 0 Å². The molecule has 0 bridgehead atoms. The van der Waals surface area contributed by atoms with Crippen LogP contribution < -0.4 is 0 Å². The van der Waals surface area contributed by atoms with Crippen LogP contribution in [-0.4, -0.2) is 42.4 Å². The summed E-state index contributed by atoms with van der Waals surface area (Å²) < 4.78 is 5.72. The number of carbonyl (C=O) groups excluding carboxylic acids is 2. The molecule has 0 unspecified atom stereocenters. The Morgan fingerprint density at radius 2 is 2.00 bits per heavy atom. The third kappa shape index (κ3) is 1.65. The molecule has 0 radical (unpaired) electrons. The van der Waals surface area contributed by atoms with Crippen LogP contribution in [0, 0.1) is 5.41 Å². The van der Waals surface area contributed by atoms with E-state index in [1.165, 1.54) is 0 Å². The van der Waals surface area contributed by atoms with Gasteiger partial charge in [-0.15, -0.1) is 0 Å². The number of methoxy groups -OCH3 is 1. The monoisotopic (exact) mass is 313 g/mol. The Hall–Kier alpha value is -1.68. The third-order valence-electron chi connectivity index (χ3n) is 6.61. The summed E-state index contributed by atoms with van der Waals surface area (Å²) in [4.78, 5) is 27.9. The lowest BCUT2D eigenvalue weighted by Gasteiger charge is -2.49. The molecular formula is C19H23NO3. The van der Waals surface area contributed by atoms with Crippen molar-refractivity contribution in [2.75, 3.05) is 13.7 Å². The molecule has 4 heteroatoms. The summed E-state index contributed by atoms with van der Waals surface area (Å²) in [7, 11) is 1.67. The van der Waals surface area contributed by atoms with Crippen LogP contribution in [0.5, 0.6) is 0 Å². The molecule has 1 aromatic rings. The van der Waals surface area contributed by atoms with E-state index in [2.05, 4.69) is 6.92 Å². The number of hydrogen-bond donors (Lipinski definition) is 0. The summed E-state index contributed by atoms with van der Waals surface area (Å²) in [6, 6.07) is 10.0. The summed E-state index contributed by atoms with van der Waals surface area (Å²) in [6.45, 7) is 2.81.